The van der Waals surface area contributed by atoms with Crippen molar-refractivity contribution < 1.29 is 30.2 Å². The summed E-state index contributed by atoms with van der Waals surface area (Å²) in [7, 11) is -7.19. The highest BCUT2D eigenvalue weighted by molar-refractivity contribution is 7.90. The molecule has 92 valence electrons. The SMILES string of the molecule is C[n+]1ccc(S(C)(=O)=O)cc1.F[B-](F)(F)F. The second-order valence-electron chi connectivity index (χ2n) is 2.97. The van der Waals surface area contributed by atoms with Gasteiger partial charge in [0.1, 0.15) is 7.05 Å². The normalized spacial score (nSPS) is 11.6. The number of rotatable bonds is 1. The van der Waals surface area contributed by atoms with Gasteiger partial charge in [-0.3, -0.25) is 0 Å². The molecular weight excluding hydrogens is 249 g/mol. The van der Waals surface area contributed by atoms with Crippen LogP contribution in [0.5, 0.6) is 0 Å². The van der Waals surface area contributed by atoms with E-state index >= 15 is 0 Å². The smallest absolute Gasteiger partial charge is 0.418 e. The van der Waals surface area contributed by atoms with Gasteiger partial charge >= 0.3 is 7.25 Å². The van der Waals surface area contributed by atoms with Crippen molar-refractivity contribution in [2.24, 2.45) is 7.05 Å². The van der Waals surface area contributed by atoms with Gasteiger partial charge in [0.2, 0.25) is 0 Å². The Labute approximate surface area is 90.7 Å². The van der Waals surface area contributed by atoms with Crippen molar-refractivity contribution in [2.75, 3.05) is 6.26 Å². The predicted molar refractivity (Wildman–Crippen MR) is 50.9 cm³/mol. The van der Waals surface area contributed by atoms with Crippen molar-refractivity contribution in [3.63, 3.8) is 0 Å². The van der Waals surface area contributed by atoms with E-state index in [1.165, 1.54) is 6.26 Å². The summed E-state index contributed by atoms with van der Waals surface area (Å²) in [6, 6.07) is 3.16. The lowest BCUT2D eigenvalue weighted by atomic mass is 10.3. The molecule has 0 spiro atoms. The van der Waals surface area contributed by atoms with Gasteiger partial charge in [-0.05, 0) is 0 Å². The van der Waals surface area contributed by atoms with Crippen molar-refractivity contribution in [2.45, 2.75) is 4.90 Å². The maximum atomic E-state index is 10.9. The molecule has 0 fully saturated rings. The number of aromatic nitrogens is 1. The maximum Gasteiger partial charge on any atom is 0.673 e. The quantitative estimate of drug-likeness (QED) is 0.432. The molecule has 1 heterocycles. The van der Waals surface area contributed by atoms with Crippen molar-refractivity contribution in [3.05, 3.63) is 24.5 Å². The summed E-state index contributed by atoms with van der Waals surface area (Å²) in [5.74, 6) is 0. The first-order valence-electron chi connectivity index (χ1n) is 4.03. The number of halogens is 4. The lowest BCUT2D eigenvalue weighted by Gasteiger charge is -1.94. The van der Waals surface area contributed by atoms with Gasteiger partial charge in [-0.25, -0.2) is 13.0 Å². The van der Waals surface area contributed by atoms with Crippen LogP contribution in [0.15, 0.2) is 29.4 Å². The molecule has 1 rings (SSSR count). The summed E-state index contributed by atoms with van der Waals surface area (Å²) in [6.45, 7) is 0. The van der Waals surface area contributed by atoms with Crippen LogP contribution in [0.3, 0.4) is 0 Å². The third-order valence-electron chi connectivity index (χ3n) is 1.38. The molecule has 0 bridgehead atoms. The van der Waals surface area contributed by atoms with E-state index in [9.17, 15) is 25.7 Å². The van der Waals surface area contributed by atoms with Gasteiger partial charge in [0, 0.05) is 18.4 Å². The molecule has 0 aliphatic rings. The summed E-state index contributed by atoms with van der Waals surface area (Å²) in [4.78, 5) is 0.357. The second-order valence-corrected chi connectivity index (χ2v) is 4.98. The lowest BCUT2D eigenvalue weighted by molar-refractivity contribution is -0.671. The second kappa shape index (κ2) is 5.28. The zero-order valence-electron chi connectivity index (χ0n) is 8.57. The van der Waals surface area contributed by atoms with Crippen molar-refractivity contribution in [1.82, 2.24) is 0 Å². The Balaban J connectivity index is 0.000000385. The number of nitrogens with zero attached hydrogens (tertiary/aromatic N) is 1. The van der Waals surface area contributed by atoms with Crippen molar-refractivity contribution in [1.29, 1.82) is 0 Å². The van der Waals surface area contributed by atoms with Crippen LogP contribution in [0, 0.1) is 0 Å². The summed E-state index contributed by atoms with van der Waals surface area (Å²) >= 11 is 0. The molecule has 9 heteroatoms. The number of hydrogen-bond acceptors (Lipinski definition) is 2. The molecule has 16 heavy (non-hydrogen) atoms. The third-order valence-corrected chi connectivity index (χ3v) is 2.50. The molecular formula is C7H10BF4NO2S. The zero-order chi connectivity index (χ0) is 13.0. The van der Waals surface area contributed by atoms with Gasteiger partial charge < -0.3 is 17.3 Å². The molecule has 0 saturated heterocycles. The van der Waals surface area contributed by atoms with Crippen molar-refractivity contribution in [3.8, 4) is 0 Å². The molecule has 0 aliphatic heterocycles. The molecule has 0 radical (unpaired) electrons. The van der Waals surface area contributed by atoms with Gasteiger partial charge in [-0.15, -0.1) is 0 Å². The Hall–Kier alpha value is -1.12. The fraction of sp³-hybridized carbons (Fsp3) is 0.286. The first-order chi connectivity index (χ1) is 7.00. The van der Waals surface area contributed by atoms with Crippen molar-refractivity contribution >= 4 is 17.1 Å². The van der Waals surface area contributed by atoms with Crippen LogP contribution in [-0.2, 0) is 16.9 Å². The van der Waals surface area contributed by atoms with Crippen LogP contribution in [0.4, 0.5) is 17.3 Å². The third kappa shape index (κ3) is 8.21. The minimum atomic E-state index is -6.00. The van der Waals surface area contributed by atoms with E-state index in [1.807, 2.05) is 7.05 Å². The fourth-order valence-electron chi connectivity index (χ4n) is 0.735. The van der Waals surface area contributed by atoms with Crippen LogP contribution in [0.2, 0.25) is 0 Å². The Kier molecular flexibility index (Phi) is 4.92. The molecule has 0 atom stereocenters. The largest absolute Gasteiger partial charge is 0.673 e. The van der Waals surface area contributed by atoms with E-state index in [2.05, 4.69) is 0 Å². The molecule has 0 amide bonds. The highest BCUT2D eigenvalue weighted by Gasteiger charge is 2.20. The van der Waals surface area contributed by atoms with Crippen LogP contribution in [-0.4, -0.2) is 21.9 Å². The standard InChI is InChI=1S/C7H10NO2S.BF4/c1-8-5-3-7(4-6-8)11(2,9)10;2-1(3,4)5/h3-6H,1-2H3;/q+1;-1. The summed E-state index contributed by atoms with van der Waals surface area (Å²) in [6.07, 6.45) is 4.61. The van der Waals surface area contributed by atoms with Crippen LogP contribution in [0.1, 0.15) is 0 Å². The molecule has 0 unspecified atom stereocenters. The average Bonchev–Trinajstić information content (AvgIpc) is 1.99. The minimum absolute atomic E-state index is 0.357. The topological polar surface area (TPSA) is 38.0 Å². The van der Waals surface area contributed by atoms with E-state index < -0.39 is 17.1 Å². The van der Waals surface area contributed by atoms with Crippen LogP contribution >= 0.6 is 0 Å². The van der Waals surface area contributed by atoms with Gasteiger partial charge in [0.05, 0.1) is 4.90 Å². The monoisotopic (exact) mass is 259 g/mol. The van der Waals surface area contributed by atoms with E-state index in [0.717, 1.165) is 0 Å². The van der Waals surface area contributed by atoms with E-state index in [4.69, 9.17) is 0 Å². The minimum Gasteiger partial charge on any atom is -0.418 e. The molecule has 0 aromatic carbocycles. The molecule has 0 N–H and O–H groups in total. The summed E-state index contributed by atoms with van der Waals surface area (Å²) in [5.41, 5.74) is 0. The highest BCUT2D eigenvalue weighted by Crippen LogP contribution is 2.06. The number of pyridine rings is 1. The fourth-order valence-corrected chi connectivity index (χ4v) is 1.35. The van der Waals surface area contributed by atoms with Gasteiger partial charge in [0.25, 0.3) is 0 Å². The Morgan fingerprint density at radius 2 is 1.44 bits per heavy atom. The average molecular weight is 259 g/mol. The first kappa shape index (κ1) is 14.9. The van der Waals surface area contributed by atoms with Crippen LogP contribution < -0.4 is 4.57 Å². The molecule has 1 aromatic heterocycles. The predicted octanol–water partition coefficient (Wildman–Crippen LogP) is 1.21. The molecule has 0 saturated carbocycles. The first-order valence-corrected chi connectivity index (χ1v) is 5.92. The Morgan fingerprint density at radius 1 is 1.12 bits per heavy atom. The Morgan fingerprint density at radius 3 is 1.69 bits per heavy atom. The number of sulfone groups is 1. The van der Waals surface area contributed by atoms with E-state index in [1.54, 1.807) is 29.1 Å². The zero-order valence-corrected chi connectivity index (χ0v) is 9.39. The Bertz CT molecular complexity index is 423. The number of hydrogen-bond donors (Lipinski definition) is 0. The van der Waals surface area contributed by atoms with E-state index in [0.29, 0.717) is 4.90 Å². The van der Waals surface area contributed by atoms with Gasteiger partial charge in [-0.1, -0.05) is 0 Å². The summed E-state index contributed by atoms with van der Waals surface area (Å²) < 4.78 is 62.7. The van der Waals surface area contributed by atoms with E-state index in [-0.39, 0.29) is 0 Å². The lowest BCUT2D eigenvalue weighted by Crippen LogP contribution is -2.26. The summed E-state index contributed by atoms with van der Waals surface area (Å²) in [5, 5.41) is 0. The van der Waals surface area contributed by atoms with Gasteiger partial charge in [-0.2, -0.15) is 0 Å². The van der Waals surface area contributed by atoms with Crippen LogP contribution in [0.25, 0.3) is 0 Å². The van der Waals surface area contributed by atoms with Gasteiger partial charge in [0.15, 0.2) is 22.2 Å². The maximum absolute atomic E-state index is 10.9. The molecule has 1 aromatic rings. The molecule has 0 aliphatic carbocycles. The highest BCUT2D eigenvalue weighted by atomic mass is 32.2. The molecule has 3 nitrogen and oxygen atoms in total. The number of aryl methyl sites for hydroxylation is 1.